The second-order valence-corrected chi connectivity index (χ2v) is 5.42. The molecule has 0 aliphatic carbocycles. The molecule has 1 nitrogen and oxygen atoms in total. The Morgan fingerprint density at radius 1 is 1.50 bits per heavy atom. The maximum Gasteiger partial charge on any atom is 0.0992 e. The number of hydrogen-bond donors (Lipinski definition) is 0. The predicted octanol–water partition coefficient (Wildman–Crippen LogP) is 3.65. The van der Waals surface area contributed by atoms with Crippen LogP contribution in [0.2, 0.25) is 0 Å². The van der Waals surface area contributed by atoms with Gasteiger partial charge in [-0.25, -0.2) is 4.98 Å². The molecular weight excluding hydrogens is 234 g/mol. The number of nitrogens with zero attached hydrogens (tertiary/aromatic N) is 1. The molecule has 3 heteroatoms. The van der Waals surface area contributed by atoms with E-state index in [1.807, 2.05) is 6.20 Å². The van der Waals surface area contributed by atoms with E-state index in [0.717, 1.165) is 9.50 Å². The molecule has 0 aliphatic heterocycles. The molecule has 0 saturated heterocycles. The van der Waals surface area contributed by atoms with E-state index in [2.05, 4.69) is 47.8 Å². The van der Waals surface area contributed by atoms with Gasteiger partial charge in [-0.2, -0.15) is 0 Å². The largest absolute Gasteiger partial charge is 0.248 e. The summed E-state index contributed by atoms with van der Waals surface area (Å²) >= 11 is 5.19. The van der Waals surface area contributed by atoms with E-state index in [1.165, 1.54) is 5.56 Å². The van der Waals surface area contributed by atoms with Crippen LogP contribution in [0.1, 0.15) is 19.4 Å². The first kappa shape index (κ1) is 10.1. The van der Waals surface area contributed by atoms with Gasteiger partial charge in [0.15, 0.2) is 0 Å². The van der Waals surface area contributed by atoms with Crippen molar-refractivity contribution in [2.45, 2.75) is 31.0 Å². The summed E-state index contributed by atoms with van der Waals surface area (Å²) in [5, 5.41) is 1.73. The third kappa shape index (κ3) is 2.79. The Kier molecular flexibility index (Phi) is 3.59. The minimum atomic E-state index is 0.595. The Balaban J connectivity index is 2.86. The Bertz CT molecular complexity index is 273. The van der Waals surface area contributed by atoms with Crippen molar-refractivity contribution in [3.05, 3.63) is 22.3 Å². The summed E-state index contributed by atoms with van der Waals surface area (Å²) in [7, 11) is 0. The van der Waals surface area contributed by atoms with Gasteiger partial charge in [0, 0.05) is 15.9 Å². The lowest BCUT2D eigenvalue weighted by Crippen LogP contribution is -1.91. The molecule has 0 N–H and O–H groups in total. The SMILES string of the molecule is Cc1cc(Br)cnc1SC(C)C. The van der Waals surface area contributed by atoms with Gasteiger partial charge in [-0.3, -0.25) is 0 Å². The lowest BCUT2D eigenvalue weighted by atomic mass is 10.3. The van der Waals surface area contributed by atoms with Crippen molar-refractivity contribution < 1.29 is 0 Å². The molecule has 0 spiro atoms. The van der Waals surface area contributed by atoms with Crippen molar-refractivity contribution in [3.63, 3.8) is 0 Å². The number of aryl methyl sites for hydroxylation is 1. The first-order valence-electron chi connectivity index (χ1n) is 3.88. The highest BCUT2D eigenvalue weighted by atomic mass is 79.9. The van der Waals surface area contributed by atoms with Gasteiger partial charge in [-0.05, 0) is 34.5 Å². The van der Waals surface area contributed by atoms with Crippen molar-refractivity contribution in [1.29, 1.82) is 0 Å². The zero-order valence-corrected chi connectivity index (χ0v) is 9.87. The number of hydrogen-bond acceptors (Lipinski definition) is 2. The van der Waals surface area contributed by atoms with Crippen LogP contribution in [0, 0.1) is 6.92 Å². The van der Waals surface area contributed by atoms with Crippen molar-refractivity contribution in [1.82, 2.24) is 4.98 Å². The standard InChI is InChI=1S/C9H12BrNS/c1-6(2)12-9-7(3)4-8(10)5-11-9/h4-6H,1-3H3. The van der Waals surface area contributed by atoms with Crippen molar-refractivity contribution in [3.8, 4) is 0 Å². The fraction of sp³-hybridized carbons (Fsp3) is 0.444. The molecule has 0 aromatic carbocycles. The zero-order chi connectivity index (χ0) is 9.14. The average molecular weight is 246 g/mol. The molecule has 1 aromatic rings. The van der Waals surface area contributed by atoms with Crippen LogP contribution in [-0.2, 0) is 0 Å². The minimum Gasteiger partial charge on any atom is -0.248 e. The molecule has 0 amide bonds. The van der Waals surface area contributed by atoms with Gasteiger partial charge in [0.2, 0.25) is 0 Å². The molecule has 0 radical (unpaired) electrons. The van der Waals surface area contributed by atoms with Crippen LogP contribution in [0.15, 0.2) is 21.8 Å². The maximum absolute atomic E-state index is 4.33. The Morgan fingerprint density at radius 2 is 2.17 bits per heavy atom. The summed E-state index contributed by atoms with van der Waals surface area (Å²) in [5.74, 6) is 0. The molecule has 1 aromatic heterocycles. The molecule has 1 rings (SSSR count). The van der Waals surface area contributed by atoms with Crippen LogP contribution in [-0.4, -0.2) is 10.2 Å². The lowest BCUT2D eigenvalue weighted by Gasteiger charge is -2.06. The molecule has 0 unspecified atom stereocenters. The topological polar surface area (TPSA) is 12.9 Å². The van der Waals surface area contributed by atoms with Gasteiger partial charge in [0.05, 0.1) is 5.03 Å². The molecule has 0 bridgehead atoms. The quantitative estimate of drug-likeness (QED) is 0.739. The molecule has 66 valence electrons. The highest BCUT2D eigenvalue weighted by Crippen LogP contribution is 2.25. The highest BCUT2D eigenvalue weighted by molar-refractivity contribution is 9.10. The summed E-state index contributed by atoms with van der Waals surface area (Å²) in [5.41, 5.74) is 1.24. The third-order valence-corrected chi connectivity index (χ3v) is 2.90. The van der Waals surface area contributed by atoms with Crippen LogP contribution in [0.3, 0.4) is 0 Å². The average Bonchev–Trinajstić information content (AvgIpc) is 1.94. The molecular formula is C9H12BrNS. The van der Waals surface area contributed by atoms with Gasteiger partial charge in [0.25, 0.3) is 0 Å². The van der Waals surface area contributed by atoms with E-state index < -0.39 is 0 Å². The Morgan fingerprint density at radius 3 is 2.67 bits per heavy atom. The normalized spacial score (nSPS) is 10.8. The van der Waals surface area contributed by atoms with Gasteiger partial charge in [-0.15, -0.1) is 11.8 Å². The lowest BCUT2D eigenvalue weighted by molar-refractivity contribution is 1.04. The summed E-state index contributed by atoms with van der Waals surface area (Å²) in [4.78, 5) is 4.33. The van der Waals surface area contributed by atoms with E-state index in [0.29, 0.717) is 5.25 Å². The summed E-state index contributed by atoms with van der Waals surface area (Å²) in [6, 6.07) is 2.09. The fourth-order valence-corrected chi connectivity index (χ4v) is 2.13. The molecule has 0 aliphatic rings. The monoisotopic (exact) mass is 245 g/mol. The number of aromatic nitrogens is 1. The van der Waals surface area contributed by atoms with E-state index >= 15 is 0 Å². The summed E-state index contributed by atoms with van der Waals surface area (Å²) in [6.45, 7) is 6.43. The predicted molar refractivity (Wildman–Crippen MR) is 57.7 cm³/mol. The van der Waals surface area contributed by atoms with Gasteiger partial charge < -0.3 is 0 Å². The Hall–Kier alpha value is -0.0200. The first-order chi connectivity index (χ1) is 5.59. The van der Waals surface area contributed by atoms with Crippen molar-refractivity contribution in [2.24, 2.45) is 0 Å². The van der Waals surface area contributed by atoms with Crippen LogP contribution in [0.25, 0.3) is 0 Å². The molecule has 12 heavy (non-hydrogen) atoms. The third-order valence-electron chi connectivity index (χ3n) is 1.34. The van der Waals surface area contributed by atoms with E-state index in [1.54, 1.807) is 11.8 Å². The second kappa shape index (κ2) is 4.28. The molecule has 0 atom stereocenters. The highest BCUT2D eigenvalue weighted by Gasteiger charge is 2.03. The van der Waals surface area contributed by atoms with Crippen molar-refractivity contribution >= 4 is 27.7 Å². The van der Waals surface area contributed by atoms with Crippen molar-refractivity contribution in [2.75, 3.05) is 0 Å². The van der Waals surface area contributed by atoms with Crippen LogP contribution < -0.4 is 0 Å². The van der Waals surface area contributed by atoms with Gasteiger partial charge in [0.1, 0.15) is 0 Å². The fourth-order valence-electron chi connectivity index (χ4n) is 0.875. The van der Waals surface area contributed by atoms with E-state index in [9.17, 15) is 0 Å². The number of pyridine rings is 1. The number of rotatable bonds is 2. The van der Waals surface area contributed by atoms with Crippen LogP contribution in [0.4, 0.5) is 0 Å². The van der Waals surface area contributed by atoms with Crippen LogP contribution in [0.5, 0.6) is 0 Å². The summed E-state index contributed by atoms with van der Waals surface area (Å²) < 4.78 is 1.05. The first-order valence-corrected chi connectivity index (χ1v) is 5.55. The minimum absolute atomic E-state index is 0.595. The van der Waals surface area contributed by atoms with Crippen LogP contribution >= 0.6 is 27.7 Å². The van der Waals surface area contributed by atoms with Gasteiger partial charge in [-0.1, -0.05) is 13.8 Å². The number of halogens is 1. The zero-order valence-electron chi connectivity index (χ0n) is 7.47. The smallest absolute Gasteiger partial charge is 0.0992 e. The molecule has 0 fully saturated rings. The van der Waals surface area contributed by atoms with E-state index in [-0.39, 0.29) is 0 Å². The molecule has 1 heterocycles. The maximum atomic E-state index is 4.33. The van der Waals surface area contributed by atoms with E-state index in [4.69, 9.17) is 0 Å². The summed E-state index contributed by atoms with van der Waals surface area (Å²) in [6.07, 6.45) is 1.84. The van der Waals surface area contributed by atoms with Gasteiger partial charge >= 0.3 is 0 Å². The Labute approximate surface area is 86.1 Å². The second-order valence-electron chi connectivity index (χ2n) is 2.94. The number of thioether (sulfide) groups is 1. The molecule has 0 saturated carbocycles.